The van der Waals surface area contributed by atoms with Gasteiger partial charge in [0.1, 0.15) is 6.04 Å². The van der Waals surface area contributed by atoms with E-state index in [1.165, 1.54) is 88.5 Å². The van der Waals surface area contributed by atoms with Crippen molar-refractivity contribution in [2.75, 3.05) is 13.1 Å². The van der Waals surface area contributed by atoms with Crippen molar-refractivity contribution >= 4 is 70.0 Å². The molecule has 3 rings (SSSR count). The molecule has 2 fully saturated rings. The van der Waals surface area contributed by atoms with Crippen LogP contribution in [0.25, 0.3) is 0 Å². The number of nitrogens with zero attached hydrogens (tertiary/aromatic N) is 2. The quantitative estimate of drug-likeness (QED) is 0.107. The molecule has 3 amide bonds. The van der Waals surface area contributed by atoms with Crippen molar-refractivity contribution < 1.29 is 93.3 Å². The first-order valence-electron chi connectivity index (χ1n) is 18.6. The van der Waals surface area contributed by atoms with Gasteiger partial charge in [-0.25, -0.2) is 0 Å². The normalized spacial score (nSPS) is 16.5. The molecule has 0 aliphatic carbocycles. The van der Waals surface area contributed by atoms with E-state index in [0.717, 1.165) is 25.7 Å². The largest absolute Gasteiger partial charge is 1.00 e. The Bertz CT molecular complexity index is 1200. The molecule has 1 aromatic carbocycles. The van der Waals surface area contributed by atoms with Crippen LogP contribution in [-0.4, -0.2) is 70.5 Å². The van der Waals surface area contributed by atoms with Crippen molar-refractivity contribution in [3.05, 3.63) is 29.8 Å². The second-order valence-electron chi connectivity index (χ2n) is 13.7. The number of ketones is 1. The van der Waals surface area contributed by atoms with Gasteiger partial charge in [-0.1, -0.05) is 108 Å². The molecule has 1 N–H and O–H groups in total. The SMILES string of the molecule is CCCCCCCCCCCCCCCC(=O)N1CCC[C@H]1C(=O)N1CCC[C@H]1C(=O)CCC(=O)N[C@@H](Cc1ccc([O-])cc1)C(=O)[O-].S.S.S.[Na+].[Na+]. The molecule has 0 bridgehead atoms. The van der Waals surface area contributed by atoms with Crippen molar-refractivity contribution in [2.45, 2.75) is 160 Å². The molecule has 3 atom stereocenters. The molecule has 292 valence electrons. The van der Waals surface area contributed by atoms with Crippen molar-refractivity contribution in [3.8, 4) is 5.75 Å². The number of nitrogens with one attached hydrogen (secondary N) is 1. The van der Waals surface area contributed by atoms with E-state index in [2.05, 4.69) is 12.2 Å². The number of likely N-dealkylation sites (tertiary alicyclic amines) is 2. The summed E-state index contributed by atoms with van der Waals surface area (Å²) in [6.07, 6.45) is 18.7. The number of carbonyl (C=O) groups excluding carboxylic acids is 5. The van der Waals surface area contributed by atoms with Crippen molar-refractivity contribution in [1.29, 1.82) is 0 Å². The van der Waals surface area contributed by atoms with Crippen LogP contribution in [0.3, 0.4) is 0 Å². The molecule has 15 heteroatoms. The van der Waals surface area contributed by atoms with E-state index in [1.54, 1.807) is 9.80 Å². The Hall–Kier alpha value is -0.380. The van der Waals surface area contributed by atoms with Crippen LogP contribution in [0, 0.1) is 0 Å². The average Bonchev–Trinajstić information content (AvgIpc) is 3.77. The van der Waals surface area contributed by atoms with Crippen LogP contribution in [0.4, 0.5) is 0 Å². The fraction of sp³-hybridized carbons (Fsp3) is 0.711. The number of carbonyl (C=O) groups is 5. The Morgan fingerprint density at radius 2 is 1.19 bits per heavy atom. The minimum absolute atomic E-state index is 0. The van der Waals surface area contributed by atoms with Gasteiger partial charge in [-0.3, -0.25) is 19.2 Å². The summed E-state index contributed by atoms with van der Waals surface area (Å²) in [5.74, 6) is -2.68. The van der Waals surface area contributed by atoms with Crippen LogP contribution >= 0.6 is 40.5 Å². The zero-order chi connectivity index (χ0) is 34.7. The topological polar surface area (TPSA) is 150 Å². The first kappa shape index (κ1) is 56.9. The first-order chi connectivity index (χ1) is 23.2. The number of rotatable bonds is 23. The van der Waals surface area contributed by atoms with Crippen LogP contribution < -0.4 is 74.6 Å². The van der Waals surface area contributed by atoms with Crippen molar-refractivity contribution in [1.82, 2.24) is 15.1 Å². The number of aliphatic carboxylic acids is 1. The minimum atomic E-state index is -1.46. The molecule has 2 aliphatic heterocycles. The summed E-state index contributed by atoms with van der Waals surface area (Å²) in [4.78, 5) is 67.4. The second-order valence-corrected chi connectivity index (χ2v) is 13.7. The van der Waals surface area contributed by atoms with E-state index in [9.17, 15) is 34.2 Å². The van der Waals surface area contributed by atoms with Gasteiger partial charge >= 0.3 is 59.1 Å². The summed E-state index contributed by atoms with van der Waals surface area (Å²) in [7, 11) is 0. The fourth-order valence-corrected chi connectivity index (χ4v) is 7.04. The standard InChI is InChI=1S/C38H59N3O7.2Na.3H2S/c1-2-3-4-5-6-7-8-9-10-11-12-13-14-19-36(45)40-26-16-18-33(40)37(46)41-27-15-17-32(41)34(43)24-25-35(44)39-31(38(47)48)28-29-20-22-30(42)23-21-29;;;;;/h20-23,31-33,42H,2-19,24-28H2,1H3,(H,39,44)(H,47,48);;;3*1H2/q;2*+1;;;/p-2/t31-,32-,33-;;;;;/m0...../s1. The van der Waals surface area contributed by atoms with Crippen LogP contribution in [0.5, 0.6) is 5.75 Å². The van der Waals surface area contributed by atoms with Gasteiger partial charge in [-0.15, -0.1) is 5.75 Å². The maximum Gasteiger partial charge on any atom is 1.00 e. The molecule has 0 saturated carbocycles. The van der Waals surface area contributed by atoms with Crippen LogP contribution in [0.15, 0.2) is 24.3 Å². The summed E-state index contributed by atoms with van der Waals surface area (Å²) in [6, 6.07) is 3.13. The monoisotopic (exact) mass is 815 g/mol. The van der Waals surface area contributed by atoms with E-state index in [4.69, 9.17) is 0 Å². The molecule has 53 heavy (non-hydrogen) atoms. The molecule has 2 heterocycles. The maximum absolute atomic E-state index is 13.6. The number of Topliss-reactive ketones (excluding diaryl/α,β-unsaturated/α-hetero) is 1. The average molecular weight is 816 g/mol. The third-order valence-electron chi connectivity index (χ3n) is 9.84. The van der Waals surface area contributed by atoms with Crippen LogP contribution in [0.1, 0.15) is 141 Å². The number of carboxylic acids is 1. The third-order valence-corrected chi connectivity index (χ3v) is 9.84. The predicted molar refractivity (Wildman–Crippen MR) is 212 cm³/mol. The van der Waals surface area contributed by atoms with Gasteiger partial charge < -0.3 is 30.1 Å². The van der Waals surface area contributed by atoms with Crippen LogP contribution in [0.2, 0.25) is 0 Å². The Labute approximate surface area is 383 Å². The molecular formula is C38H63N3Na2O7S3. The van der Waals surface area contributed by atoms with Gasteiger partial charge in [0.15, 0.2) is 5.78 Å². The van der Waals surface area contributed by atoms with E-state index < -0.39 is 30.0 Å². The number of carboxylic acid groups (broad SMARTS) is 1. The van der Waals surface area contributed by atoms with Crippen molar-refractivity contribution in [3.63, 3.8) is 0 Å². The van der Waals surface area contributed by atoms with E-state index in [-0.39, 0.29) is 142 Å². The number of hydrogen-bond donors (Lipinski definition) is 1. The van der Waals surface area contributed by atoms with Gasteiger partial charge in [0.2, 0.25) is 17.7 Å². The molecule has 10 nitrogen and oxygen atoms in total. The summed E-state index contributed by atoms with van der Waals surface area (Å²) >= 11 is 0. The van der Waals surface area contributed by atoms with Gasteiger partial charge in [0.25, 0.3) is 0 Å². The Balaban J connectivity index is -0.00000500. The summed E-state index contributed by atoms with van der Waals surface area (Å²) in [5, 5.41) is 25.3. The van der Waals surface area contributed by atoms with Gasteiger partial charge in [0, 0.05) is 32.4 Å². The molecular weight excluding hydrogens is 753 g/mol. The van der Waals surface area contributed by atoms with Crippen molar-refractivity contribution in [2.24, 2.45) is 0 Å². The second kappa shape index (κ2) is 32.7. The van der Waals surface area contributed by atoms with E-state index in [0.29, 0.717) is 44.3 Å². The molecule has 2 aliphatic rings. The molecule has 0 spiro atoms. The zero-order valence-corrected chi connectivity index (χ0v) is 39.6. The third kappa shape index (κ3) is 21.1. The number of amides is 3. The number of benzene rings is 1. The molecule has 1 aromatic rings. The first-order valence-corrected chi connectivity index (χ1v) is 18.6. The van der Waals surface area contributed by atoms with Gasteiger partial charge in [-0.05, 0) is 44.1 Å². The maximum atomic E-state index is 13.6. The van der Waals surface area contributed by atoms with Crippen LogP contribution in [-0.2, 0) is 30.4 Å². The molecule has 2 saturated heterocycles. The predicted octanol–water partition coefficient (Wildman–Crippen LogP) is -1.30. The minimum Gasteiger partial charge on any atom is -0.872 e. The fourth-order valence-electron chi connectivity index (χ4n) is 7.04. The Kier molecular flexibility index (Phi) is 35.1. The Morgan fingerprint density at radius 1 is 0.698 bits per heavy atom. The number of hydrogen-bond acceptors (Lipinski definition) is 7. The molecule has 0 aromatic heterocycles. The smallest absolute Gasteiger partial charge is 0.872 e. The Morgan fingerprint density at radius 3 is 1.72 bits per heavy atom. The van der Waals surface area contributed by atoms with Gasteiger partial charge in [0.05, 0.1) is 18.1 Å². The molecule has 0 radical (unpaired) electrons. The summed E-state index contributed by atoms with van der Waals surface area (Å²) in [6.45, 7) is 3.24. The zero-order valence-electron chi connectivity index (χ0n) is 32.6. The van der Waals surface area contributed by atoms with E-state index in [1.807, 2.05) is 0 Å². The van der Waals surface area contributed by atoms with E-state index >= 15 is 0 Å². The summed E-state index contributed by atoms with van der Waals surface area (Å²) < 4.78 is 0. The number of unbranched alkanes of at least 4 members (excludes halogenated alkanes) is 12. The summed E-state index contributed by atoms with van der Waals surface area (Å²) in [5.41, 5.74) is 0.559. The van der Waals surface area contributed by atoms with Gasteiger partial charge in [-0.2, -0.15) is 40.5 Å². The molecule has 0 unspecified atom stereocenters.